The monoisotopic (exact) mass is 388 g/mol. The summed E-state index contributed by atoms with van der Waals surface area (Å²) in [5.41, 5.74) is 2.14. The van der Waals surface area contributed by atoms with Gasteiger partial charge in [0, 0.05) is 16.1 Å². The van der Waals surface area contributed by atoms with E-state index in [4.69, 9.17) is 0 Å². The molecule has 0 aromatic heterocycles. The number of nitrogens with one attached hydrogen (secondary N) is 2. The van der Waals surface area contributed by atoms with E-state index in [1.807, 2.05) is 66.9 Å². The zero-order chi connectivity index (χ0) is 19.8. The molecule has 3 aromatic carbocycles. The highest BCUT2D eigenvalue weighted by atomic mass is 32.2. The summed E-state index contributed by atoms with van der Waals surface area (Å²) in [6.45, 7) is 0. The molecule has 2 amide bonds. The van der Waals surface area contributed by atoms with Gasteiger partial charge in [-0.3, -0.25) is 9.59 Å². The molecule has 3 aromatic rings. The number of hydrogen-bond donors (Lipinski definition) is 2. The van der Waals surface area contributed by atoms with Gasteiger partial charge in [0.15, 0.2) is 0 Å². The predicted molar refractivity (Wildman–Crippen MR) is 115 cm³/mol. The van der Waals surface area contributed by atoms with E-state index in [0.29, 0.717) is 11.3 Å². The summed E-state index contributed by atoms with van der Waals surface area (Å²) in [5.74, 6) is -0.722. The normalized spacial score (nSPS) is 11.0. The van der Waals surface area contributed by atoms with Gasteiger partial charge in [-0.25, -0.2) is 0 Å². The predicted octanol–water partition coefficient (Wildman–Crippen LogP) is 4.82. The first-order valence-corrected chi connectivity index (χ1v) is 9.97. The van der Waals surface area contributed by atoms with E-state index in [9.17, 15) is 9.59 Å². The molecule has 140 valence electrons. The van der Waals surface area contributed by atoms with Crippen LogP contribution in [-0.2, 0) is 4.79 Å². The lowest BCUT2D eigenvalue weighted by atomic mass is 10.1. The third kappa shape index (κ3) is 5.34. The molecular formula is C23H20N2O2S. The molecule has 0 bridgehead atoms. The van der Waals surface area contributed by atoms with E-state index in [0.717, 1.165) is 10.5 Å². The van der Waals surface area contributed by atoms with Crippen molar-refractivity contribution in [1.82, 2.24) is 5.32 Å². The molecule has 0 saturated carbocycles. The number of thioether (sulfide) groups is 1. The number of carbonyl (C=O) groups excluding carboxylic acids is 2. The largest absolute Gasteiger partial charge is 0.321 e. The Bertz CT molecular complexity index is 969. The molecule has 0 radical (unpaired) electrons. The summed E-state index contributed by atoms with van der Waals surface area (Å²) in [6.07, 6.45) is 3.65. The fraction of sp³-hybridized carbons (Fsp3) is 0.0435. The molecule has 2 N–H and O–H groups in total. The van der Waals surface area contributed by atoms with Gasteiger partial charge < -0.3 is 10.6 Å². The van der Waals surface area contributed by atoms with E-state index in [2.05, 4.69) is 10.6 Å². The lowest BCUT2D eigenvalue weighted by molar-refractivity contribution is -0.113. The molecule has 3 rings (SSSR count). The minimum absolute atomic E-state index is 0.175. The van der Waals surface area contributed by atoms with Gasteiger partial charge in [-0.2, -0.15) is 0 Å². The second kappa shape index (κ2) is 9.58. The van der Waals surface area contributed by atoms with Gasteiger partial charge >= 0.3 is 0 Å². The SMILES string of the molecule is CSc1ccc(NC(=O)/C(=C/c2ccccc2)NC(=O)c2ccccc2)cc1. The van der Waals surface area contributed by atoms with Gasteiger partial charge in [0.05, 0.1) is 0 Å². The summed E-state index contributed by atoms with van der Waals surface area (Å²) in [5, 5.41) is 5.57. The number of hydrogen-bond acceptors (Lipinski definition) is 3. The molecule has 4 nitrogen and oxygen atoms in total. The smallest absolute Gasteiger partial charge is 0.272 e. The number of anilines is 1. The van der Waals surface area contributed by atoms with Gasteiger partial charge in [-0.15, -0.1) is 11.8 Å². The van der Waals surface area contributed by atoms with E-state index < -0.39 is 0 Å². The number of benzene rings is 3. The number of rotatable bonds is 6. The topological polar surface area (TPSA) is 58.2 Å². The molecule has 0 saturated heterocycles. The van der Waals surface area contributed by atoms with Crippen LogP contribution in [0.3, 0.4) is 0 Å². The molecule has 0 spiro atoms. The fourth-order valence-electron chi connectivity index (χ4n) is 2.53. The Morgan fingerprint density at radius 1 is 0.821 bits per heavy atom. The van der Waals surface area contributed by atoms with Crippen molar-refractivity contribution in [3.8, 4) is 0 Å². The lowest BCUT2D eigenvalue weighted by Crippen LogP contribution is -2.30. The Labute approximate surface area is 168 Å². The van der Waals surface area contributed by atoms with Crippen LogP contribution < -0.4 is 10.6 Å². The molecule has 0 aliphatic carbocycles. The quantitative estimate of drug-likeness (QED) is 0.470. The Morgan fingerprint density at radius 3 is 2.04 bits per heavy atom. The molecule has 0 fully saturated rings. The van der Waals surface area contributed by atoms with Crippen LogP contribution in [0, 0.1) is 0 Å². The van der Waals surface area contributed by atoms with Gasteiger partial charge in [-0.05, 0) is 54.3 Å². The fourth-order valence-corrected chi connectivity index (χ4v) is 2.94. The van der Waals surface area contributed by atoms with Crippen molar-refractivity contribution in [3.63, 3.8) is 0 Å². The third-order valence-corrected chi connectivity index (χ3v) is 4.73. The Balaban J connectivity index is 1.83. The molecule has 5 heteroatoms. The maximum absolute atomic E-state index is 12.8. The van der Waals surface area contributed by atoms with Gasteiger partial charge in [0.25, 0.3) is 11.8 Å². The van der Waals surface area contributed by atoms with Crippen molar-refractivity contribution in [3.05, 3.63) is 102 Å². The highest BCUT2D eigenvalue weighted by Gasteiger charge is 2.15. The van der Waals surface area contributed by atoms with Crippen LogP contribution in [0.25, 0.3) is 6.08 Å². The highest BCUT2D eigenvalue weighted by molar-refractivity contribution is 7.98. The standard InChI is InChI=1S/C23H20N2O2S/c1-28-20-14-12-19(13-15-20)24-23(27)21(16-17-8-4-2-5-9-17)25-22(26)18-10-6-3-7-11-18/h2-16H,1H3,(H,24,27)(H,25,26)/b21-16-. The van der Waals surface area contributed by atoms with Crippen molar-refractivity contribution < 1.29 is 9.59 Å². The van der Waals surface area contributed by atoms with E-state index in [1.54, 1.807) is 42.1 Å². The van der Waals surface area contributed by atoms with Crippen molar-refractivity contribution >= 4 is 35.3 Å². The highest BCUT2D eigenvalue weighted by Crippen LogP contribution is 2.18. The average molecular weight is 388 g/mol. The molecule has 0 aliphatic heterocycles. The van der Waals surface area contributed by atoms with Crippen LogP contribution in [0.5, 0.6) is 0 Å². The molecule has 0 unspecified atom stereocenters. The first kappa shape index (κ1) is 19.5. The first-order valence-electron chi connectivity index (χ1n) is 8.74. The lowest BCUT2D eigenvalue weighted by Gasteiger charge is -2.11. The Hall–Kier alpha value is -3.31. The van der Waals surface area contributed by atoms with Crippen molar-refractivity contribution in [2.24, 2.45) is 0 Å². The molecule has 0 heterocycles. The van der Waals surface area contributed by atoms with E-state index in [1.165, 1.54) is 0 Å². The van der Waals surface area contributed by atoms with Crippen LogP contribution in [0.15, 0.2) is 95.5 Å². The summed E-state index contributed by atoms with van der Waals surface area (Å²) < 4.78 is 0. The van der Waals surface area contributed by atoms with Gasteiger partial charge in [-0.1, -0.05) is 48.5 Å². The molecule has 0 atom stereocenters. The van der Waals surface area contributed by atoms with E-state index in [-0.39, 0.29) is 17.5 Å². The average Bonchev–Trinajstić information content (AvgIpc) is 2.75. The molecule has 0 aliphatic rings. The zero-order valence-electron chi connectivity index (χ0n) is 15.4. The molecular weight excluding hydrogens is 368 g/mol. The maximum atomic E-state index is 12.8. The minimum atomic E-state index is -0.384. The summed E-state index contributed by atoms with van der Waals surface area (Å²) in [6, 6.07) is 25.7. The summed E-state index contributed by atoms with van der Waals surface area (Å²) in [4.78, 5) is 26.5. The van der Waals surface area contributed by atoms with Gasteiger partial charge in [0.1, 0.15) is 5.70 Å². The first-order chi connectivity index (χ1) is 13.7. The molecule has 28 heavy (non-hydrogen) atoms. The summed E-state index contributed by atoms with van der Waals surface area (Å²) in [7, 11) is 0. The van der Waals surface area contributed by atoms with E-state index >= 15 is 0 Å². The van der Waals surface area contributed by atoms with Crippen molar-refractivity contribution in [2.75, 3.05) is 11.6 Å². The second-order valence-corrected chi connectivity index (χ2v) is 6.85. The third-order valence-electron chi connectivity index (χ3n) is 3.99. The van der Waals surface area contributed by atoms with Crippen molar-refractivity contribution in [1.29, 1.82) is 0 Å². The van der Waals surface area contributed by atoms with Gasteiger partial charge in [0.2, 0.25) is 0 Å². The van der Waals surface area contributed by atoms with Crippen LogP contribution in [-0.4, -0.2) is 18.1 Å². The maximum Gasteiger partial charge on any atom is 0.272 e. The zero-order valence-corrected chi connectivity index (χ0v) is 16.2. The second-order valence-electron chi connectivity index (χ2n) is 5.97. The van der Waals surface area contributed by atoms with Crippen LogP contribution >= 0.6 is 11.8 Å². The minimum Gasteiger partial charge on any atom is -0.321 e. The number of amides is 2. The van der Waals surface area contributed by atoms with Crippen LogP contribution in [0.1, 0.15) is 15.9 Å². The van der Waals surface area contributed by atoms with Crippen molar-refractivity contribution in [2.45, 2.75) is 4.90 Å². The van der Waals surface area contributed by atoms with Crippen LogP contribution in [0.2, 0.25) is 0 Å². The number of carbonyl (C=O) groups is 2. The Morgan fingerprint density at radius 2 is 1.43 bits per heavy atom. The Kier molecular flexibility index (Phi) is 6.65. The summed E-state index contributed by atoms with van der Waals surface area (Å²) >= 11 is 1.63. The van der Waals surface area contributed by atoms with Crippen LogP contribution in [0.4, 0.5) is 5.69 Å².